The second kappa shape index (κ2) is 6.72. The van der Waals surface area contributed by atoms with Crippen LogP contribution in [0, 0.1) is 0 Å². The Labute approximate surface area is 144 Å². The van der Waals surface area contributed by atoms with Gasteiger partial charge in [-0.05, 0) is 41.5 Å². The summed E-state index contributed by atoms with van der Waals surface area (Å²) in [5.41, 5.74) is -0.119. The molecule has 1 aromatic heterocycles. The van der Waals surface area contributed by atoms with Crippen LogP contribution in [0.5, 0.6) is 0 Å². The lowest BCUT2D eigenvalue weighted by Crippen LogP contribution is -2.57. The van der Waals surface area contributed by atoms with E-state index >= 15 is 0 Å². The molecule has 1 aromatic rings. The van der Waals surface area contributed by atoms with Crippen molar-refractivity contribution in [3.63, 3.8) is 0 Å². The summed E-state index contributed by atoms with van der Waals surface area (Å²) < 4.78 is 1.84. The average Bonchev–Trinajstić information content (AvgIpc) is 2.85. The molecule has 1 aliphatic heterocycles. The minimum Gasteiger partial charge on any atom is -0.389 e. The predicted molar refractivity (Wildman–Crippen MR) is 95.1 cm³/mol. The standard InChI is InChI=1S/C17H31N5O2/c1-13-10-20(12-17(5,6)24)7-8-21(13)15(23)19-14-9-18-22(11-14)16(2,3)4/h9,11,13,24H,7-8,10,12H2,1-6H3,(H,19,23)/t13-/m1/s1. The van der Waals surface area contributed by atoms with Crippen LogP contribution in [0.4, 0.5) is 10.5 Å². The van der Waals surface area contributed by atoms with Gasteiger partial charge < -0.3 is 15.3 Å². The van der Waals surface area contributed by atoms with E-state index < -0.39 is 5.60 Å². The smallest absolute Gasteiger partial charge is 0.322 e. The first-order valence-electron chi connectivity index (χ1n) is 8.53. The highest BCUT2D eigenvalue weighted by molar-refractivity contribution is 5.89. The number of aromatic nitrogens is 2. The molecule has 0 aromatic carbocycles. The first-order valence-corrected chi connectivity index (χ1v) is 8.53. The van der Waals surface area contributed by atoms with E-state index in [4.69, 9.17) is 0 Å². The van der Waals surface area contributed by atoms with Gasteiger partial charge in [-0.15, -0.1) is 0 Å². The molecule has 1 fully saturated rings. The zero-order valence-electron chi connectivity index (χ0n) is 15.7. The van der Waals surface area contributed by atoms with E-state index in [1.807, 2.05) is 36.5 Å². The van der Waals surface area contributed by atoms with Crippen molar-refractivity contribution in [3.8, 4) is 0 Å². The van der Waals surface area contributed by atoms with E-state index in [0.717, 1.165) is 13.1 Å². The Morgan fingerprint density at radius 1 is 1.33 bits per heavy atom. The van der Waals surface area contributed by atoms with Crippen molar-refractivity contribution in [1.82, 2.24) is 19.6 Å². The zero-order valence-corrected chi connectivity index (χ0v) is 15.7. The number of piperazine rings is 1. The number of anilines is 1. The first-order chi connectivity index (χ1) is 11.0. The number of β-amino-alcohol motifs (C(OH)–C–C–N with tert-alkyl or cyclic N) is 1. The maximum absolute atomic E-state index is 12.5. The Morgan fingerprint density at radius 3 is 2.50 bits per heavy atom. The summed E-state index contributed by atoms with van der Waals surface area (Å²) >= 11 is 0. The molecule has 0 aliphatic carbocycles. The number of nitrogens with one attached hydrogen (secondary N) is 1. The third-order valence-corrected chi connectivity index (χ3v) is 4.10. The lowest BCUT2D eigenvalue weighted by atomic mass is 10.1. The quantitative estimate of drug-likeness (QED) is 0.884. The molecule has 0 saturated carbocycles. The van der Waals surface area contributed by atoms with Gasteiger partial charge in [-0.2, -0.15) is 5.10 Å². The topological polar surface area (TPSA) is 73.6 Å². The Hall–Kier alpha value is -1.60. The van der Waals surface area contributed by atoms with Crippen molar-refractivity contribution in [1.29, 1.82) is 0 Å². The highest BCUT2D eigenvalue weighted by Gasteiger charge is 2.30. The molecule has 0 spiro atoms. The van der Waals surface area contributed by atoms with E-state index in [1.165, 1.54) is 0 Å². The second-order valence-electron chi connectivity index (χ2n) is 8.36. The van der Waals surface area contributed by atoms with Gasteiger partial charge in [-0.25, -0.2) is 4.79 Å². The van der Waals surface area contributed by atoms with E-state index in [9.17, 15) is 9.90 Å². The Kier molecular flexibility index (Phi) is 5.25. The average molecular weight is 337 g/mol. The number of rotatable bonds is 3. The SMILES string of the molecule is C[C@@H]1CN(CC(C)(C)O)CCN1C(=O)Nc1cnn(C(C)(C)C)c1. The maximum atomic E-state index is 12.5. The van der Waals surface area contributed by atoms with Gasteiger partial charge in [0.05, 0.1) is 23.0 Å². The summed E-state index contributed by atoms with van der Waals surface area (Å²) in [6, 6.07) is -0.00220. The molecule has 1 aliphatic rings. The molecule has 0 bridgehead atoms. The van der Waals surface area contributed by atoms with Crippen LogP contribution in [0.25, 0.3) is 0 Å². The number of hydrogen-bond donors (Lipinski definition) is 2. The van der Waals surface area contributed by atoms with Crippen LogP contribution in [-0.4, -0.2) is 68.5 Å². The largest absolute Gasteiger partial charge is 0.389 e. The molecule has 0 radical (unpaired) electrons. The molecule has 1 atom stereocenters. The number of aliphatic hydroxyl groups is 1. The molecule has 136 valence electrons. The lowest BCUT2D eigenvalue weighted by Gasteiger charge is -2.41. The van der Waals surface area contributed by atoms with Gasteiger partial charge in [0.15, 0.2) is 0 Å². The molecular weight excluding hydrogens is 306 g/mol. The van der Waals surface area contributed by atoms with Gasteiger partial charge in [-0.1, -0.05) is 0 Å². The minimum atomic E-state index is -0.717. The summed E-state index contributed by atoms with van der Waals surface area (Å²) in [4.78, 5) is 16.6. The van der Waals surface area contributed by atoms with Gasteiger partial charge in [0, 0.05) is 38.4 Å². The van der Waals surface area contributed by atoms with Gasteiger partial charge in [-0.3, -0.25) is 9.58 Å². The fourth-order valence-electron chi connectivity index (χ4n) is 2.98. The summed E-state index contributed by atoms with van der Waals surface area (Å²) in [6.45, 7) is 14.6. The van der Waals surface area contributed by atoms with Gasteiger partial charge in [0.1, 0.15) is 0 Å². The molecule has 0 unspecified atom stereocenters. The van der Waals surface area contributed by atoms with Crippen molar-refractivity contribution >= 4 is 11.7 Å². The second-order valence-corrected chi connectivity index (χ2v) is 8.36. The molecule has 2 heterocycles. The molecular formula is C17H31N5O2. The molecule has 2 amide bonds. The van der Waals surface area contributed by atoms with Crippen LogP contribution in [-0.2, 0) is 5.54 Å². The van der Waals surface area contributed by atoms with Crippen molar-refractivity contribution in [3.05, 3.63) is 12.4 Å². The molecule has 7 nitrogen and oxygen atoms in total. The number of urea groups is 1. The number of carbonyl (C=O) groups excluding carboxylic acids is 1. The van der Waals surface area contributed by atoms with Crippen LogP contribution < -0.4 is 5.32 Å². The van der Waals surface area contributed by atoms with Crippen LogP contribution in [0.15, 0.2) is 12.4 Å². The normalized spacial score (nSPS) is 20.3. The molecule has 2 rings (SSSR count). The monoisotopic (exact) mass is 337 g/mol. The van der Waals surface area contributed by atoms with Gasteiger partial charge in [0.2, 0.25) is 0 Å². The van der Waals surface area contributed by atoms with E-state index in [-0.39, 0.29) is 17.6 Å². The van der Waals surface area contributed by atoms with Crippen LogP contribution in [0.1, 0.15) is 41.5 Å². The molecule has 7 heteroatoms. The van der Waals surface area contributed by atoms with Crippen molar-refractivity contribution < 1.29 is 9.90 Å². The first kappa shape index (κ1) is 18.7. The fraction of sp³-hybridized carbons (Fsp3) is 0.765. The Morgan fingerprint density at radius 2 is 2.00 bits per heavy atom. The summed E-state index contributed by atoms with van der Waals surface area (Å²) in [5.74, 6) is 0. The third kappa shape index (κ3) is 4.95. The van der Waals surface area contributed by atoms with Crippen LogP contribution in [0.3, 0.4) is 0 Å². The molecule has 1 saturated heterocycles. The highest BCUT2D eigenvalue weighted by Crippen LogP contribution is 2.18. The van der Waals surface area contributed by atoms with Crippen molar-refractivity contribution in [2.45, 2.75) is 58.7 Å². The molecule has 2 N–H and O–H groups in total. The minimum absolute atomic E-state index is 0.0961. The maximum Gasteiger partial charge on any atom is 0.322 e. The van der Waals surface area contributed by atoms with E-state index in [0.29, 0.717) is 18.8 Å². The van der Waals surface area contributed by atoms with Gasteiger partial charge >= 0.3 is 6.03 Å². The number of amides is 2. The van der Waals surface area contributed by atoms with E-state index in [1.54, 1.807) is 6.20 Å². The van der Waals surface area contributed by atoms with E-state index in [2.05, 4.69) is 36.1 Å². The fourth-order valence-corrected chi connectivity index (χ4v) is 2.98. The summed E-state index contributed by atoms with van der Waals surface area (Å²) in [5, 5.41) is 17.2. The van der Waals surface area contributed by atoms with Crippen LogP contribution >= 0.6 is 0 Å². The number of nitrogens with zero attached hydrogens (tertiary/aromatic N) is 4. The third-order valence-electron chi connectivity index (χ3n) is 4.10. The van der Waals surface area contributed by atoms with Crippen LogP contribution in [0.2, 0.25) is 0 Å². The summed E-state index contributed by atoms with van der Waals surface area (Å²) in [6.07, 6.45) is 3.53. The van der Waals surface area contributed by atoms with Crippen molar-refractivity contribution in [2.24, 2.45) is 0 Å². The van der Waals surface area contributed by atoms with Crippen molar-refractivity contribution in [2.75, 3.05) is 31.5 Å². The molecule has 24 heavy (non-hydrogen) atoms. The Bertz CT molecular complexity index is 570. The number of hydrogen-bond acceptors (Lipinski definition) is 4. The predicted octanol–water partition coefficient (Wildman–Crippen LogP) is 1.95. The summed E-state index contributed by atoms with van der Waals surface area (Å²) in [7, 11) is 0. The number of carbonyl (C=O) groups is 1. The zero-order chi connectivity index (χ0) is 18.1. The van der Waals surface area contributed by atoms with Gasteiger partial charge in [0.25, 0.3) is 0 Å². The Balaban J connectivity index is 1.93. The highest BCUT2D eigenvalue weighted by atomic mass is 16.3. The lowest BCUT2D eigenvalue weighted by molar-refractivity contribution is 0.0130.